The number of sulfonamides is 1. The highest BCUT2D eigenvalue weighted by Gasteiger charge is 2.39. The summed E-state index contributed by atoms with van der Waals surface area (Å²) in [6.07, 6.45) is 1.24. The maximum atomic E-state index is 11.9. The first-order valence-electron chi connectivity index (χ1n) is 7.77. The van der Waals surface area contributed by atoms with E-state index in [9.17, 15) is 8.42 Å². The van der Waals surface area contributed by atoms with Gasteiger partial charge in [0.25, 0.3) is 0 Å². The summed E-state index contributed by atoms with van der Waals surface area (Å²) in [5.41, 5.74) is 0. The van der Waals surface area contributed by atoms with Crippen LogP contribution >= 0.6 is 0 Å². The second-order valence-corrected chi connectivity index (χ2v) is 9.66. The fraction of sp³-hybridized carbons (Fsp3) is 1.00. The van der Waals surface area contributed by atoms with Crippen LogP contribution in [0, 0.1) is 0 Å². The molecule has 0 aromatic heterocycles. The van der Waals surface area contributed by atoms with Gasteiger partial charge in [-0.3, -0.25) is 0 Å². The van der Waals surface area contributed by atoms with Gasteiger partial charge in [-0.1, -0.05) is 6.92 Å². The van der Waals surface area contributed by atoms with E-state index in [0.717, 1.165) is 0 Å². The predicted molar refractivity (Wildman–Crippen MR) is 86.7 cm³/mol. The molecule has 0 aliphatic rings. The van der Waals surface area contributed by atoms with Crippen LogP contribution in [0.3, 0.4) is 0 Å². The third-order valence-electron chi connectivity index (χ3n) is 3.16. The van der Waals surface area contributed by atoms with E-state index in [1.54, 1.807) is 6.92 Å². The quantitative estimate of drug-likeness (QED) is 0.410. The molecule has 0 spiro atoms. The van der Waals surface area contributed by atoms with Gasteiger partial charge in [0.2, 0.25) is 10.0 Å². The van der Waals surface area contributed by atoms with E-state index in [1.165, 1.54) is 0 Å². The second kappa shape index (κ2) is 10.7. The molecule has 21 heavy (non-hydrogen) atoms. The number of nitrogens with one attached hydrogen (secondary N) is 1. The van der Waals surface area contributed by atoms with Crippen molar-refractivity contribution in [3.8, 4) is 0 Å². The molecular formula is C13H31NO5SSi. The molecule has 0 rings (SSSR count). The molecule has 0 saturated carbocycles. The summed E-state index contributed by atoms with van der Waals surface area (Å²) >= 11 is 0. The van der Waals surface area contributed by atoms with Gasteiger partial charge in [-0.05, 0) is 40.5 Å². The fourth-order valence-electron chi connectivity index (χ4n) is 1.88. The molecule has 0 saturated heterocycles. The Hall–Kier alpha value is 0.00688. The molecule has 1 N–H and O–H groups in total. The normalized spacial score (nSPS) is 14.3. The Labute approximate surface area is 131 Å². The van der Waals surface area contributed by atoms with Crippen LogP contribution in [0.1, 0.15) is 47.5 Å². The molecule has 0 aromatic carbocycles. The van der Waals surface area contributed by atoms with Crippen molar-refractivity contribution >= 4 is 18.8 Å². The van der Waals surface area contributed by atoms with E-state index in [2.05, 4.69) is 4.72 Å². The molecule has 0 bridgehead atoms. The Bertz CT molecular complexity index is 347. The van der Waals surface area contributed by atoms with E-state index in [0.29, 0.717) is 45.3 Å². The molecule has 8 heteroatoms. The van der Waals surface area contributed by atoms with Crippen molar-refractivity contribution < 1.29 is 21.7 Å². The lowest BCUT2D eigenvalue weighted by Crippen LogP contribution is -2.46. The highest BCUT2D eigenvalue weighted by molar-refractivity contribution is 7.90. The molecule has 0 amide bonds. The van der Waals surface area contributed by atoms with E-state index >= 15 is 0 Å². The molecule has 0 heterocycles. The average Bonchev–Trinajstić information content (AvgIpc) is 2.43. The average molecular weight is 342 g/mol. The van der Waals surface area contributed by atoms with Gasteiger partial charge >= 0.3 is 8.80 Å². The summed E-state index contributed by atoms with van der Waals surface area (Å²) in [6.45, 7) is 11.3. The lowest BCUT2D eigenvalue weighted by atomic mass is 10.4. The SMILES string of the molecule is CCO[Si](CCCNS(=O)(=O)C(C)CC)(OCC)OCC. The Kier molecular flexibility index (Phi) is 10.7. The lowest BCUT2D eigenvalue weighted by Gasteiger charge is -2.28. The summed E-state index contributed by atoms with van der Waals surface area (Å²) in [4.78, 5) is 0. The number of hydrogen-bond donors (Lipinski definition) is 1. The van der Waals surface area contributed by atoms with Gasteiger partial charge in [-0.25, -0.2) is 13.1 Å². The molecule has 0 aromatic rings. The van der Waals surface area contributed by atoms with E-state index < -0.39 is 18.8 Å². The van der Waals surface area contributed by atoms with Crippen molar-refractivity contribution in [1.82, 2.24) is 4.72 Å². The molecule has 0 radical (unpaired) electrons. The van der Waals surface area contributed by atoms with Gasteiger partial charge in [-0.2, -0.15) is 0 Å². The molecular weight excluding hydrogens is 310 g/mol. The molecule has 1 atom stereocenters. The highest BCUT2D eigenvalue weighted by Crippen LogP contribution is 2.18. The van der Waals surface area contributed by atoms with Crippen molar-refractivity contribution in [2.24, 2.45) is 0 Å². The van der Waals surface area contributed by atoms with Gasteiger partial charge in [0.1, 0.15) is 0 Å². The molecule has 0 fully saturated rings. The van der Waals surface area contributed by atoms with Gasteiger partial charge in [0.15, 0.2) is 0 Å². The van der Waals surface area contributed by atoms with Crippen LogP contribution in [0.5, 0.6) is 0 Å². The van der Waals surface area contributed by atoms with Crippen molar-refractivity contribution in [2.75, 3.05) is 26.4 Å². The summed E-state index contributed by atoms with van der Waals surface area (Å²) in [7, 11) is -5.88. The standard InChI is InChI=1S/C13H31NO5SSi/c1-6-13(5)20(15,16)14-11-10-12-21(17-7-2,18-8-3)19-9-4/h13-14H,6-12H2,1-5H3. The van der Waals surface area contributed by atoms with Crippen LogP contribution in [-0.2, 0) is 23.3 Å². The van der Waals surface area contributed by atoms with Crippen molar-refractivity contribution in [3.05, 3.63) is 0 Å². The number of rotatable bonds is 13. The Morgan fingerprint density at radius 2 is 1.48 bits per heavy atom. The zero-order valence-electron chi connectivity index (χ0n) is 14.0. The van der Waals surface area contributed by atoms with Crippen LogP contribution in [0.2, 0.25) is 6.04 Å². The van der Waals surface area contributed by atoms with E-state index in [-0.39, 0.29) is 5.25 Å². The zero-order valence-corrected chi connectivity index (χ0v) is 15.8. The third kappa shape index (κ3) is 7.71. The summed E-state index contributed by atoms with van der Waals surface area (Å²) in [5, 5.41) is -0.370. The lowest BCUT2D eigenvalue weighted by molar-refractivity contribution is 0.0709. The minimum Gasteiger partial charge on any atom is -0.374 e. The molecule has 6 nitrogen and oxygen atoms in total. The first-order chi connectivity index (χ1) is 9.87. The Balaban J connectivity index is 4.43. The van der Waals surface area contributed by atoms with E-state index in [4.69, 9.17) is 13.3 Å². The van der Waals surface area contributed by atoms with Gasteiger partial charge in [0, 0.05) is 32.4 Å². The largest absolute Gasteiger partial charge is 0.500 e. The Morgan fingerprint density at radius 1 is 1.00 bits per heavy atom. The summed E-state index contributed by atoms with van der Waals surface area (Å²) in [5.74, 6) is 0. The maximum Gasteiger partial charge on any atom is 0.500 e. The number of hydrogen-bond acceptors (Lipinski definition) is 5. The maximum absolute atomic E-state index is 11.9. The molecule has 1 unspecified atom stereocenters. The van der Waals surface area contributed by atoms with Crippen LogP contribution < -0.4 is 4.72 Å². The topological polar surface area (TPSA) is 73.9 Å². The van der Waals surface area contributed by atoms with E-state index in [1.807, 2.05) is 27.7 Å². The van der Waals surface area contributed by atoms with Crippen molar-refractivity contribution in [1.29, 1.82) is 0 Å². The van der Waals surface area contributed by atoms with Crippen molar-refractivity contribution in [3.63, 3.8) is 0 Å². The van der Waals surface area contributed by atoms with Crippen molar-refractivity contribution in [2.45, 2.75) is 58.8 Å². The minimum atomic E-state index is -3.22. The van der Waals surface area contributed by atoms with Gasteiger partial charge in [-0.15, -0.1) is 0 Å². The first-order valence-corrected chi connectivity index (χ1v) is 11.3. The smallest absolute Gasteiger partial charge is 0.374 e. The molecule has 128 valence electrons. The van der Waals surface area contributed by atoms with Gasteiger partial charge < -0.3 is 13.3 Å². The molecule has 0 aliphatic carbocycles. The third-order valence-corrected chi connectivity index (χ3v) is 8.31. The van der Waals surface area contributed by atoms with Crippen LogP contribution in [0.15, 0.2) is 0 Å². The summed E-state index contributed by atoms with van der Waals surface area (Å²) in [6, 6.07) is 0.617. The van der Waals surface area contributed by atoms with Crippen LogP contribution in [0.25, 0.3) is 0 Å². The summed E-state index contributed by atoms with van der Waals surface area (Å²) < 4.78 is 43.6. The fourth-order valence-corrected chi connectivity index (χ4v) is 5.65. The minimum absolute atomic E-state index is 0.370. The van der Waals surface area contributed by atoms with Crippen LogP contribution in [-0.4, -0.2) is 48.8 Å². The monoisotopic (exact) mass is 341 g/mol. The van der Waals surface area contributed by atoms with Crippen LogP contribution in [0.4, 0.5) is 0 Å². The zero-order chi connectivity index (χ0) is 16.4. The molecule has 0 aliphatic heterocycles. The first kappa shape index (κ1) is 21.0. The predicted octanol–water partition coefficient (Wildman–Crippen LogP) is 2.14. The van der Waals surface area contributed by atoms with Gasteiger partial charge in [0.05, 0.1) is 5.25 Å². The highest BCUT2D eigenvalue weighted by atomic mass is 32.2. The second-order valence-electron chi connectivity index (χ2n) is 4.74. The Morgan fingerprint density at radius 3 is 1.86 bits per heavy atom.